The predicted molar refractivity (Wildman–Crippen MR) is 71.7 cm³/mol. The Hall–Kier alpha value is -0.160. The van der Waals surface area contributed by atoms with Gasteiger partial charge in [-0.1, -0.05) is 12.8 Å². The lowest BCUT2D eigenvalue weighted by atomic mass is 9.91. The van der Waals surface area contributed by atoms with Crippen LogP contribution in [0.25, 0.3) is 0 Å². The third kappa shape index (κ3) is 6.43. The maximum absolute atomic E-state index is 3.34. The summed E-state index contributed by atoms with van der Waals surface area (Å²) in [4.78, 5) is 0. The molecule has 2 atom stereocenters. The number of rotatable bonds is 4. The maximum Gasteiger partial charge on any atom is 0.0537 e. The second-order valence-corrected chi connectivity index (χ2v) is 4.37. The van der Waals surface area contributed by atoms with E-state index < -0.39 is 0 Å². The fourth-order valence-corrected chi connectivity index (χ4v) is 1.97. The van der Waals surface area contributed by atoms with Crippen LogP contribution in [0.4, 0.5) is 0 Å². The zero-order chi connectivity index (χ0) is 12.4. The quantitative estimate of drug-likeness (QED) is 0.532. The minimum atomic E-state index is 0.435. The van der Waals surface area contributed by atoms with Crippen LogP contribution in [0.5, 0.6) is 0 Å². The monoisotopic (exact) mass is 230 g/mol. The fourth-order valence-electron chi connectivity index (χ4n) is 1.97. The molecule has 0 aromatic carbocycles. The van der Waals surface area contributed by atoms with Gasteiger partial charge < -0.3 is 21.3 Å². The summed E-state index contributed by atoms with van der Waals surface area (Å²) >= 11 is 0. The van der Waals surface area contributed by atoms with Crippen molar-refractivity contribution in [2.45, 2.75) is 50.9 Å². The van der Waals surface area contributed by atoms with Crippen molar-refractivity contribution in [2.75, 3.05) is 28.2 Å². The Balaban J connectivity index is 0.000000325. The molecular formula is C12H30N4. The molecule has 0 bridgehead atoms. The lowest BCUT2D eigenvalue weighted by Crippen LogP contribution is -2.47. The van der Waals surface area contributed by atoms with Crippen LogP contribution in [0.15, 0.2) is 0 Å². The lowest BCUT2D eigenvalue weighted by molar-refractivity contribution is 0.309. The van der Waals surface area contributed by atoms with Gasteiger partial charge in [0.25, 0.3) is 0 Å². The van der Waals surface area contributed by atoms with Crippen LogP contribution >= 0.6 is 0 Å². The molecular weight excluding hydrogens is 200 g/mol. The van der Waals surface area contributed by atoms with Gasteiger partial charge in [-0.15, -0.1) is 0 Å². The number of hydrogen-bond acceptors (Lipinski definition) is 4. The average Bonchev–Trinajstić information content (AvgIpc) is 2.38. The van der Waals surface area contributed by atoms with Gasteiger partial charge >= 0.3 is 0 Å². The van der Waals surface area contributed by atoms with E-state index in [0.29, 0.717) is 18.2 Å². The van der Waals surface area contributed by atoms with E-state index in [1.807, 2.05) is 14.1 Å². The molecule has 98 valence electrons. The molecule has 0 aromatic heterocycles. The first-order valence-corrected chi connectivity index (χ1v) is 6.38. The van der Waals surface area contributed by atoms with Crippen molar-refractivity contribution >= 4 is 0 Å². The van der Waals surface area contributed by atoms with Crippen LogP contribution < -0.4 is 21.3 Å². The van der Waals surface area contributed by atoms with Crippen molar-refractivity contribution in [3.8, 4) is 0 Å². The van der Waals surface area contributed by atoms with E-state index in [4.69, 9.17) is 0 Å². The average molecular weight is 230 g/mol. The SMILES string of the molecule is CNC(C)NC.CN[C@@H]1CCCC[C@H]1NC. The van der Waals surface area contributed by atoms with Gasteiger partial charge in [0.05, 0.1) is 6.17 Å². The van der Waals surface area contributed by atoms with Crippen LogP contribution in [-0.2, 0) is 0 Å². The van der Waals surface area contributed by atoms with Crippen LogP contribution in [0.2, 0.25) is 0 Å². The Labute approximate surface area is 101 Å². The Morgan fingerprint density at radius 3 is 1.38 bits per heavy atom. The van der Waals surface area contributed by atoms with E-state index in [2.05, 4.69) is 42.3 Å². The smallest absolute Gasteiger partial charge is 0.0537 e. The third-order valence-corrected chi connectivity index (χ3v) is 3.37. The summed E-state index contributed by atoms with van der Waals surface area (Å²) in [6.07, 6.45) is 5.89. The highest BCUT2D eigenvalue weighted by atomic mass is 15.1. The Bertz CT molecular complexity index is 136. The number of hydrogen-bond donors (Lipinski definition) is 4. The van der Waals surface area contributed by atoms with Gasteiger partial charge in [-0.25, -0.2) is 0 Å². The van der Waals surface area contributed by atoms with Crippen LogP contribution in [0, 0.1) is 0 Å². The fraction of sp³-hybridized carbons (Fsp3) is 1.00. The van der Waals surface area contributed by atoms with Gasteiger partial charge in [-0.3, -0.25) is 0 Å². The van der Waals surface area contributed by atoms with E-state index in [9.17, 15) is 0 Å². The normalized spacial score (nSPS) is 25.1. The van der Waals surface area contributed by atoms with Crippen molar-refractivity contribution < 1.29 is 0 Å². The van der Waals surface area contributed by atoms with Crippen LogP contribution in [0.3, 0.4) is 0 Å². The highest BCUT2D eigenvalue weighted by Crippen LogP contribution is 2.17. The highest BCUT2D eigenvalue weighted by molar-refractivity contribution is 4.83. The molecule has 16 heavy (non-hydrogen) atoms. The summed E-state index contributed by atoms with van der Waals surface area (Å²) in [7, 11) is 7.95. The molecule has 1 aliphatic carbocycles. The standard InChI is InChI=1S/C8H18N2.C4H12N2/c1-9-7-5-3-4-6-8(7)10-2;1-4(5-2)6-3/h7-10H,3-6H2,1-2H3;4-6H,1-3H3/t7-,8-;/m1./s1. The van der Waals surface area contributed by atoms with Crippen LogP contribution in [-0.4, -0.2) is 46.4 Å². The molecule has 0 spiro atoms. The van der Waals surface area contributed by atoms with E-state index in [1.165, 1.54) is 25.7 Å². The second-order valence-electron chi connectivity index (χ2n) is 4.37. The molecule has 0 radical (unpaired) electrons. The van der Waals surface area contributed by atoms with Gasteiger partial charge in [0, 0.05) is 12.1 Å². The molecule has 4 heteroatoms. The molecule has 0 heterocycles. The van der Waals surface area contributed by atoms with Crippen LogP contribution in [0.1, 0.15) is 32.6 Å². The van der Waals surface area contributed by atoms with Crippen molar-refractivity contribution in [1.82, 2.24) is 21.3 Å². The predicted octanol–water partition coefficient (Wildman–Crippen LogP) is 0.508. The summed E-state index contributed by atoms with van der Waals surface area (Å²) < 4.78 is 0. The zero-order valence-corrected chi connectivity index (χ0v) is 11.6. The lowest BCUT2D eigenvalue weighted by Gasteiger charge is -2.30. The largest absolute Gasteiger partial charge is 0.315 e. The summed E-state index contributed by atoms with van der Waals surface area (Å²) in [5.74, 6) is 0. The molecule has 0 saturated heterocycles. The molecule has 4 N–H and O–H groups in total. The third-order valence-electron chi connectivity index (χ3n) is 3.37. The van der Waals surface area contributed by atoms with E-state index in [-0.39, 0.29) is 0 Å². The summed E-state index contributed by atoms with van der Waals surface area (Å²) in [5, 5.41) is 12.7. The van der Waals surface area contributed by atoms with Gasteiger partial charge in [-0.2, -0.15) is 0 Å². The summed E-state index contributed by atoms with van der Waals surface area (Å²) in [5.41, 5.74) is 0. The first-order chi connectivity index (χ1) is 7.69. The van der Waals surface area contributed by atoms with E-state index in [1.54, 1.807) is 0 Å². The minimum absolute atomic E-state index is 0.435. The molecule has 4 nitrogen and oxygen atoms in total. The molecule has 0 aliphatic heterocycles. The Kier molecular flexibility index (Phi) is 9.92. The number of likely N-dealkylation sites (N-methyl/N-ethyl adjacent to an activating group) is 2. The highest BCUT2D eigenvalue weighted by Gasteiger charge is 2.21. The molecule has 1 saturated carbocycles. The van der Waals surface area contributed by atoms with E-state index in [0.717, 1.165) is 0 Å². The van der Waals surface area contributed by atoms with Gasteiger partial charge in [0.1, 0.15) is 0 Å². The molecule has 1 rings (SSSR count). The molecule has 1 fully saturated rings. The Morgan fingerprint density at radius 1 is 0.812 bits per heavy atom. The topological polar surface area (TPSA) is 48.1 Å². The van der Waals surface area contributed by atoms with Gasteiger partial charge in [0.2, 0.25) is 0 Å². The van der Waals surface area contributed by atoms with E-state index >= 15 is 0 Å². The van der Waals surface area contributed by atoms with Crippen molar-refractivity contribution in [3.63, 3.8) is 0 Å². The van der Waals surface area contributed by atoms with Crippen molar-refractivity contribution in [1.29, 1.82) is 0 Å². The number of nitrogens with one attached hydrogen (secondary N) is 4. The molecule has 0 unspecified atom stereocenters. The maximum atomic E-state index is 3.34. The van der Waals surface area contributed by atoms with Gasteiger partial charge in [-0.05, 0) is 48.0 Å². The van der Waals surface area contributed by atoms with Crippen molar-refractivity contribution in [3.05, 3.63) is 0 Å². The van der Waals surface area contributed by atoms with Gasteiger partial charge in [0.15, 0.2) is 0 Å². The van der Waals surface area contributed by atoms with Crippen molar-refractivity contribution in [2.24, 2.45) is 0 Å². The summed E-state index contributed by atoms with van der Waals surface area (Å²) in [6.45, 7) is 2.06. The minimum Gasteiger partial charge on any atom is -0.315 e. The molecule has 0 amide bonds. The molecule has 1 aliphatic rings. The first-order valence-electron chi connectivity index (χ1n) is 6.38. The first kappa shape index (κ1) is 15.8. The molecule has 0 aromatic rings. The summed E-state index contributed by atoms with van der Waals surface area (Å²) in [6, 6.07) is 1.41. The Morgan fingerprint density at radius 2 is 1.19 bits per heavy atom. The zero-order valence-electron chi connectivity index (χ0n) is 11.6. The second kappa shape index (κ2) is 10.0.